The highest BCUT2D eigenvalue weighted by Gasteiger charge is 2.08. The van der Waals surface area contributed by atoms with Crippen molar-refractivity contribution in [2.24, 2.45) is 0 Å². The first kappa shape index (κ1) is 11.5. The Morgan fingerprint density at radius 2 is 2.00 bits per heavy atom. The lowest BCUT2D eigenvalue weighted by atomic mass is 10.2. The van der Waals surface area contributed by atoms with Gasteiger partial charge in [0.25, 0.3) is 5.69 Å². The molecule has 0 bridgehead atoms. The maximum absolute atomic E-state index is 10.6. The summed E-state index contributed by atoms with van der Waals surface area (Å²) in [6, 6.07) is 6.08. The van der Waals surface area contributed by atoms with Gasteiger partial charge in [-0.3, -0.25) is 15.2 Å². The van der Waals surface area contributed by atoms with Gasteiger partial charge >= 0.3 is 0 Å². The highest BCUT2D eigenvalue weighted by atomic mass is 32.1. The first-order chi connectivity index (χ1) is 9.15. The van der Waals surface area contributed by atoms with Crippen molar-refractivity contribution >= 4 is 28.9 Å². The summed E-state index contributed by atoms with van der Waals surface area (Å²) in [4.78, 5) is 17.4. The molecular weight excluding hydrogens is 266 g/mol. The number of hydrogen-bond donors (Lipinski definition) is 2. The Labute approximate surface area is 111 Å². The summed E-state index contributed by atoms with van der Waals surface area (Å²) in [5.41, 5.74) is 1.42. The molecule has 8 heteroatoms. The minimum atomic E-state index is -0.447. The zero-order valence-corrected chi connectivity index (χ0v) is 10.3. The van der Waals surface area contributed by atoms with Gasteiger partial charge in [0.05, 0.1) is 16.5 Å². The zero-order chi connectivity index (χ0) is 13.4. The number of benzene rings is 1. The highest BCUT2D eigenvalue weighted by molar-refractivity contribution is 7.71. The molecule has 0 atom stereocenters. The van der Waals surface area contributed by atoms with E-state index in [1.165, 1.54) is 12.1 Å². The summed E-state index contributed by atoms with van der Waals surface area (Å²) in [5.74, 6) is 0.539. The van der Waals surface area contributed by atoms with Crippen LogP contribution in [0.15, 0.2) is 30.5 Å². The van der Waals surface area contributed by atoms with E-state index >= 15 is 0 Å². The van der Waals surface area contributed by atoms with Gasteiger partial charge in [0.1, 0.15) is 16.1 Å². The Kier molecular flexibility index (Phi) is 2.57. The van der Waals surface area contributed by atoms with E-state index < -0.39 is 4.92 Å². The van der Waals surface area contributed by atoms with Gasteiger partial charge in [-0.25, -0.2) is 4.98 Å². The number of non-ortho nitro benzene ring substituents is 1. The number of aromatic nitrogens is 4. The molecule has 0 aliphatic carbocycles. The smallest absolute Gasteiger partial charge is 0.269 e. The Morgan fingerprint density at radius 3 is 2.68 bits per heavy atom. The van der Waals surface area contributed by atoms with Crippen LogP contribution in [0.3, 0.4) is 0 Å². The van der Waals surface area contributed by atoms with Gasteiger partial charge in [-0.1, -0.05) is 12.2 Å². The van der Waals surface area contributed by atoms with Crippen LogP contribution in [0.1, 0.15) is 0 Å². The van der Waals surface area contributed by atoms with Crippen molar-refractivity contribution in [2.45, 2.75) is 0 Å². The van der Waals surface area contributed by atoms with Crippen LogP contribution in [0.4, 0.5) is 5.69 Å². The van der Waals surface area contributed by atoms with E-state index in [2.05, 4.69) is 20.2 Å². The van der Waals surface area contributed by atoms with Crippen molar-refractivity contribution in [1.82, 2.24) is 20.2 Å². The monoisotopic (exact) mass is 273 g/mol. The summed E-state index contributed by atoms with van der Waals surface area (Å²) < 4.78 is 0.427. The lowest BCUT2D eigenvalue weighted by Gasteiger charge is -2.01. The molecule has 0 spiro atoms. The van der Waals surface area contributed by atoms with E-state index in [1.54, 1.807) is 18.3 Å². The van der Waals surface area contributed by atoms with E-state index in [0.29, 0.717) is 21.7 Å². The fourth-order valence-corrected chi connectivity index (χ4v) is 1.98. The Balaban J connectivity index is 2.13. The Morgan fingerprint density at radius 1 is 1.26 bits per heavy atom. The minimum Gasteiger partial charge on any atom is -0.324 e. The summed E-state index contributed by atoms with van der Waals surface area (Å²) >= 11 is 5.16. The number of rotatable bonds is 2. The first-order valence-corrected chi connectivity index (χ1v) is 5.74. The third kappa shape index (κ3) is 1.97. The molecule has 0 aliphatic rings. The molecule has 94 valence electrons. The zero-order valence-electron chi connectivity index (χ0n) is 9.45. The maximum atomic E-state index is 10.6. The molecule has 0 fully saturated rings. The Bertz CT molecular complexity index is 821. The third-order valence-electron chi connectivity index (χ3n) is 2.68. The van der Waals surface area contributed by atoms with Crippen LogP contribution in [0.2, 0.25) is 0 Å². The molecule has 3 aromatic rings. The molecule has 0 aliphatic heterocycles. The number of nitrogens with one attached hydrogen (secondary N) is 2. The molecule has 1 aromatic carbocycles. The predicted molar refractivity (Wildman–Crippen MR) is 71.2 cm³/mol. The van der Waals surface area contributed by atoms with Gasteiger partial charge in [0, 0.05) is 17.7 Å². The standard InChI is InChI=1S/C11H7N5O2S/c17-16(18)7-3-1-6(2-4-7)9-13-10-8(5-12-15-10)11(19)14-9/h1-5H,(H2,12,13,14,15,19). The van der Waals surface area contributed by atoms with E-state index in [4.69, 9.17) is 12.2 Å². The van der Waals surface area contributed by atoms with E-state index in [1.807, 2.05) is 0 Å². The fourth-order valence-electron chi connectivity index (χ4n) is 1.73. The van der Waals surface area contributed by atoms with Gasteiger partial charge < -0.3 is 4.98 Å². The van der Waals surface area contributed by atoms with Crippen molar-refractivity contribution in [1.29, 1.82) is 0 Å². The minimum absolute atomic E-state index is 0.0324. The molecule has 2 heterocycles. The molecule has 7 nitrogen and oxygen atoms in total. The lowest BCUT2D eigenvalue weighted by molar-refractivity contribution is -0.384. The Hall–Kier alpha value is -2.61. The number of H-pyrrole nitrogens is 2. The molecule has 0 saturated heterocycles. The average molecular weight is 273 g/mol. The topological polar surface area (TPSA) is 100 Å². The second-order valence-electron chi connectivity index (χ2n) is 3.85. The summed E-state index contributed by atoms with van der Waals surface area (Å²) in [6.07, 6.45) is 1.60. The van der Waals surface area contributed by atoms with Crippen LogP contribution in [-0.2, 0) is 0 Å². The fraction of sp³-hybridized carbons (Fsp3) is 0. The predicted octanol–water partition coefficient (Wildman–Crippen LogP) is 2.59. The van der Waals surface area contributed by atoms with E-state index in [-0.39, 0.29) is 5.69 Å². The third-order valence-corrected chi connectivity index (χ3v) is 2.99. The molecule has 2 N–H and O–H groups in total. The number of aromatic amines is 2. The van der Waals surface area contributed by atoms with Gasteiger partial charge in [0.15, 0.2) is 0 Å². The van der Waals surface area contributed by atoms with Gasteiger partial charge in [-0.05, 0) is 12.1 Å². The second-order valence-corrected chi connectivity index (χ2v) is 4.24. The quantitative estimate of drug-likeness (QED) is 0.424. The van der Waals surface area contributed by atoms with Crippen molar-refractivity contribution in [3.63, 3.8) is 0 Å². The normalized spacial score (nSPS) is 10.7. The van der Waals surface area contributed by atoms with Crippen molar-refractivity contribution in [3.8, 4) is 11.4 Å². The van der Waals surface area contributed by atoms with Crippen molar-refractivity contribution in [2.75, 3.05) is 0 Å². The van der Waals surface area contributed by atoms with Gasteiger partial charge in [-0.15, -0.1) is 0 Å². The molecule has 0 saturated carbocycles. The van der Waals surface area contributed by atoms with Crippen molar-refractivity contribution < 1.29 is 4.92 Å². The lowest BCUT2D eigenvalue weighted by Crippen LogP contribution is -1.92. The molecular formula is C11H7N5O2S. The van der Waals surface area contributed by atoms with Crippen LogP contribution < -0.4 is 0 Å². The van der Waals surface area contributed by atoms with Crippen molar-refractivity contribution in [3.05, 3.63) is 45.2 Å². The maximum Gasteiger partial charge on any atom is 0.269 e. The number of nitrogens with zero attached hydrogens (tertiary/aromatic N) is 3. The molecule has 19 heavy (non-hydrogen) atoms. The number of nitro groups is 1. The average Bonchev–Trinajstić information content (AvgIpc) is 2.87. The van der Waals surface area contributed by atoms with E-state index in [9.17, 15) is 10.1 Å². The molecule has 0 radical (unpaired) electrons. The van der Waals surface area contributed by atoms with E-state index in [0.717, 1.165) is 5.39 Å². The highest BCUT2D eigenvalue weighted by Crippen LogP contribution is 2.21. The van der Waals surface area contributed by atoms with Crippen LogP contribution in [-0.4, -0.2) is 25.1 Å². The van der Waals surface area contributed by atoms with Crippen LogP contribution in [0, 0.1) is 14.8 Å². The first-order valence-electron chi connectivity index (χ1n) is 5.33. The second kappa shape index (κ2) is 4.25. The van der Waals surface area contributed by atoms with Crippen LogP contribution in [0.5, 0.6) is 0 Å². The van der Waals surface area contributed by atoms with Crippen LogP contribution >= 0.6 is 12.2 Å². The molecule has 2 aromatic heterocycles. The molecule has 3 rings (SSSR count). The molecule has 0 unspecified atom stereocenters. The number of fused-ring (bicyclic) bond motifs is 1. The summed E-state index contributed by atoms with van der Waals surface area (Å²) in [5, 5.41) is 18.0. The number of nitro benzene ring substituents is 1. The summed E-state index contributed by atoms with van der Waals surface area (Å²) in [7, 11) is 0. The largest absolute Gasteiger partial charge is 0.324 e. The SMILES string of the molecule is O=[N+]([O-])c1ccc(-c2nc(=S)c3cn[nH]c3[nH]2)cc1. The number of hydrogen-bond acceptors (Lipinski definition) is 5. The summed E-state index contributed by atoms with van der Waals surface area (Å²) in [6.45, 7) is 0. The van der Waals surface area contributed by atoms with Gasteiger partial charge in [0.2, 0.25) is 0 Å². The van der Waals surface area contributed by atoms with Crippen LogP contribution in [0.25, 0.3) is 22.4 Å². The molecule has 0 amide bonds. The van der Waals surface area contributed by atoms with Gasteiger partial charge in [-0.2, -0.15) is 5.10 Å².